The van der Waals surface area contributed by atoms with Crippen LogP contribution in [0.25, 0.3) is 0 Å². The van der Waals surface area contributed by atoms with Crippen LogP contribution in [0.5, 0.6) is 0 Å². The summed E-state index contributed by atoms with van der Waals surface area (Å²) in [5.74, 6) is 4.78. The van der Waals surface area contributed by atoms with E-state index in [-0.39, 0.29) is 24.8 Å². The molecule has 0 saturated carbocycles. The fourth-order valence-electron chi connectivity index (χ4n) is 0.851. The Morgan fingerprint density at radius 2 is 1.88 bits per heavy atom. The van der Waals surface area contributed by atoms with Gasteiger partial charge >= 0.3 is 0 Å². The second kappa shape index (κ2) is 15.0. The van der Waals surface area contributed by atoms with Crippen LogP contribution in [0.3, 0.4) is 0 Å². The lowest BCUT2D eigenvalue weighted by molar-refractivity contribution is 0.781. The van der Waals surface area contributed by atoms with E-state index in [9.17, 15) is 0 Å². The molecule has 0 radical (unpaired) electrons. The van der Waals surface area contributed by atoms with E-state index in [2.05, 4.69) is 10.7 Å². The van der Waals surface area contributed by atoms with E-state index in [1.54, 1.807) is 0 Å². The summed E-state index contributed by atoms with van der Waals surface area (Å²) in [6, 6.07) is 7.83. The maximum atomic E-state index is 5.75. The first kappa shape index (κ1) is 21.3. The summed E-state index contributed by atoms with van der Waals surface area (Å²) in [5, 5.41) is 3.85. The van der Waals surface area contributed by atoms with Crippen molar-refractivity contribution in [3.05, 3.63) is 34.9 Å². The van der Waals surface area contributed by atoms with Crippen LogP contribution < -0.4 is 16.6 Å². The van der Waals surface area contributed by atoms with Crippen molar-refractivity contribution in [2.45, 2.75) is 13.5 Å². The average molecular weight is 289 g/mol. The minimum atomic E-state index is 0. The molecule has 0 saturated heterocycles. The molecule has 0 aliphatic heterocycles. The number of nitrogens with two attached hydrogens (primary N) is 1. The number of benzene rings is 1. The van der Waals surface area contributed by atoms with Gasteiger partial charge in [0, 0.05) is 18.1 Å². The molecule has 1 aromatic carbocycles. The highest BCUT2D eigenvalue weighted by Gasteiger charge is 1.89. The van der Waals surface area contributed by atoms with Crippen molar-refractivity contribution < 1.29 is 0 Å². The Morgan fingerprint density at radius 1 is 1.31 bits per heavy atom. The zero-order valence-corrected chi connectivity index (χ0v) is 11.9. The predicted octanol–water partition coefficient (Wildman–Crippen LogP) is 2.37. The molecule has 6 heteroatoms. The van der Waals surface area contributed by atoms with Gasteiger partial charge in [0.25, 0.3) is 0 Å². The first-order valence-electron chi connectivity index (χ1n) is 4.57. The summed E-state index contributed by atoms with van der Waals surface area (Å²) in [4.78, 5) is 0. The smallest absolute Gasteiger partial charge is 0.0409 e. The first-order valence-corrected chi connectivity index (χ1v) is 4.94. The molecule has 0 amide bonds. The molecule has 4 N–H and O–H groups in total. The number of hydrogen-bond donors (Lipinski definition) is 3. The Morgan fingerprint density at radius 3 is 2.25 bits per heavy atom. The lowest BCUT2D eigenvalue weighted by Gasteiger charge is -1.98. The second-order valence-corrected chi connectivity index (χ2v) is 3.15. The fraction of sp³-hybridized carbons (Fsp3) is 0.400. The zero-order valence-electron chi connectivity index (χ0n) is 9.50. The number of hydrogen-bond acceptors (Lipinski definition) is 3. The molecule has 0 aromatic heterocycles. The van der Waals surface area contributed by atoms with Gasteiger partial charge in [-0.25, -0.2) is 0 Å². The molecule has 0 unspecified atom stereocenters. The lowest BCUT2D eigenvalue weighted by atomic mass is 10.2. The molecule has 1 rings (SSSR count). The second-order valence-electron chi connectivity index (χ2n) is 2.72. The molecule has 0 heterocycles. The van der Waals surface area contributed by atoms with Crippen molar-refractivity contribution in [3.8, 4) is 0 Å². The van der Waals surface area contributed by atoms with E-state index in [1.165, 1.54) is 5.56 Å². The Bertz CT molecular complexity index is 245. The third-order valence-corrected chi connectivity index (χ3v) is 1.71. The maximum Gasteiger partial charge on any atom is 0.0409 e. The quantitative estimate of drug-likeness (QED) is 0.591. The van der Waals surface area contributed by atoms with Crippen molar-refractivity contribution in [1.82, 2.24) is 10.7 Å². The van der Waals surface area contributed by atoms with Gasteiger partial charge in [0.1, 0.15) is 0 Å². The van der Waals surface area contributed by atoms with Crippen molar-refractivity contribution in [2.75, 3.05) is 13.6 Å². The Balaban J connectivity index is -0.000000249. The SMILES string of the molecule is CCNN.CNCc1cccc(Cl)c1.Cl.Cl. The van der Waals surface area contributed by atoms with Gasteiger partial charge in [0.15, 0.2) is 0 Å². The molecular weight excluding hydrogens is 268 g/mol. The molecule has 16 heavy (non-hydrogen) atoms. The van der Waals surface area contributed by atoms with Crippen LogP contribution in [0.4, 0.5) is 0 Å². The van der Waals surface area contributed by atoms with Crippen LogP contribution >= 0.6 is 36.4 Å². The van der Waals surface area contributed by atoms with Crippen LogP contribution in [0.15, 0.2) is 24.3 Å². The van der Waals surface area contributed by atoms with Crippen molar-refractivity contribution in [3.63, 3.8) is 0 Å². The minimum absolute atomic E-state index is 0. The largest absolute Gasteiger partial charge is 0.316 e. The van der Waals surface area contributed by atoms with Crippen LogP contribution in [0.2, 0.25) is 5.02 Å². The molecule has 0 aliphatic carbocycles. The van der Waals surface area contributed by atoms with Gasteiger partial charge in [-0.05, 0) is 24.7 Å². The van der Waals surface area contributed by atoms with E-state index < -0.39 is 0 Å². The van der Waals surface area contributed by atoms with Gasteiger partial charge in [-0.3, -0.25) is 11.3 Å². The maximum absolute atomic E-state index is 5.75. The minimum Gasteiger partial charge on any atom is -0.316 e. The third kappa shape index (κ3) is 12.0. The Kier molecular flexibility index (Phi) is 19.9. The van der Waals surface area contributed by atoms with Gasteiger partial charge in [-0.2, -0.15) is 0 Å². The highest BCUT2D eigenvalue weighted by atomic mass is 35.5. The van der Waals surface area contributed by atoms with E-state index >= 15 is 0 Å². The zero-order chi connectivity index (χ0) is 10.8. The van der Waals surface area contributed by atoms with Gasteiger partial charge in [-0.1, -0.05) is 30.7 Å². The summed E-state index contributed by atoms with van der Waals surface area (Å²) in [5.41, 5.74) is 3.65. The summed E-state index contributed by atoms with van der Waals surface area (Å²) in [6.45, 7) is 3.67. The molecule has 3 nitrogen and oxygen atoms in total. The summed E-state index contributed by atoms with van der Waals surface area (Å²) < 4.78 is 0. The lowest BCUT2D eigenvalue weighted by Crippen LogP contribution is -2.20. The molecule has 0 atom stereocenters. The molecule has 96 valence electrons. The van der Waals surface area contributed by atoms with E-state index in [4.69, 9.17) is 17.4 Å². The van der Waals surface area contributed by atoms with Crippen molar-refractivity contribution in [1.29, 1.82) is 0 Å². The van der Waals surface area contributed by atoms with Crippen LogP contribution in [0, 0.1) is 0 Å². The van der Waals surface area contributed by atoms with Crippen molar-refractivity contribution in [2.24, 2.45) is 5.84 Å². The number of nitrogens with one attached hydrogen (secondary N) is 2. The number of rotatable bonds is 3. The molecule has 0 aliphatic rings. The van der Waals surface area contributed by atoms with E-state index in [0.29, 0.717) is 0 Å². The third-order valence-electron chi connectivity index (χ3n) is 1.47. The number of hydrazine groups is 1. The molecule has 0 bridgehead atoms. The Hall–Kier alpha value is -0.0300. The van der Waals surface area contributed by atoms with Crippen LogP contribution in [-0.4, -0.2) is 13.6 Å². The highest BCUT2D eigenvalue weighted by Crippen LogP contribution is 2.09. The summed E-state index contributed by atoms with van der Waals surface area (Å²) >= 11 is 5.75. The summed E-state index contributed by atoms with van der Waals surface area (Å²) in [7, 11) is 1.92. The highest BCUT2D eigenvalue weighted by molar-refractivity contribution is 6.30. The van der Waals surface area contributed by atoms with Crippen LogP contribution in [0.1, 0.15) is 12.5 Å². The predicted molar refractivity (Wildman–Crippen MR) is 76.6 cm³/mol. The Labute approximate surface area is 115 Å². The monoisotopic (exact) mass is 287 g/mol. The van der Waals surface area contributed by atoms with Crippen molar-refractivity contribution >= 4 is 36.4 Å². The molecule has 0 spiro atoms. The molecule has 0 fully saturated rings. The topological polar surface area (TPSA) is 50.1 Å². The molecule has 1 aromatic rings. The number of halogens is 3. The summed E-state index contributed by atoms with van der Waals surface area (Å²) in [6.07, 6.45) is 0. The van der Waals surface area contributed by atoms with Gasteiger partial charge in [0.2, 0.25) is 0 Å². The first-order chi connectivity index (χ1) is 6.74. The van der Waals surface area contributed by atoms with Gasteiger partial charge in [-0.15, -0.1) is 24.8 Å². The average Bonchev–Trinajstić information content (AvgIpc) is 2.19. The van der Waals surface area contributed by atoms with Crippen LogP contribution in [-0.2, 0) is 6.54 Å². The van der Waals surface area contributed by atoms with E-state index in [1.807, 2.05) is 38.2 Å². The fourth-order valence-corrected chi connectivity index (χ4v) is 1.06. The molecular formula is C10H20Cl3N3. The van der Waals surface area contributed by atoms with E-state index in [0.717, 1.165) is 18.1 Å². The van der Waals surface area contributed by atoms with Gasteiger partial charge in [0.05, 0.1) is 0 Å². The van der Waals surface area contributed by atoms with Gasteiger partial charge < -0.3 is 5.32 Å². The standard InChI is InChI=1S/C8H10ClN.C2H8N2.2ClH/c1-10-6-7-3-2-4-8(9)5-7;1-2-4-3;;/h2-5,10H,6H2,1H3;4H,2-3H2,1H3;2*1H. The normalized spacial score (nSPS) is 8.00.